The third-order valence-corrected chi connectivity index (χ3v) is 10.3. The molecule has 0 spiro atoms. The number of rotatable bonds is 3. The van der Waals surface area contributed by atoms with E-state index < -0.39 is 0 Å². The van der Waals surface area contributed by atoms with Crippen LogP contribution in [0, 0.1) is 0 Å². The van der Waals surface area contributed by atoms with Gasteiger partial charge in [-0.1, -0.05) is 140 Å². The van der Waals surface area contributed by atoms with E-state index in [1.165, 1.54) is 55.2 Å². The average Bonchev–Trinajstić information content (AvgIpc) is 3.53. The third kappa shape index (κ3) is 4.45. The van der Waals surface area contributed by atoms with Crippen LogP contribution in [0.2, 0.25) is 0 Å². The van der Waals surface area contributed by atoms with E-state index in [2.05, 4.69) is 176 Å². The van der Waals surface area contributed by atoms with Crippen LogP contribution in [0.4, 0.5) is 17.1 Å². The molecule has 0 aliphatic heterocycles. The van der Waals surface area contributed by atoms with E-state index in [0.29, 0.717) is 0 Å². The number of nitrogens with zero attached hydrogens (tertiary/aromatic N) is 1. The highest BCUT2D eigenvalue weighted by atomic mass is 16.3. The SMILES string of the molecule is CC(C)(C)c1cc(C(C)(C)C)c2oc3cccc(N(c4cccc5c4C(C)(C)c4ccccc4-5)c4cccc5ccccc45)c3c2c1. The van der Waals surface area contributed by atoms with Gasteiger partial charge in [-0.25, -0.2) is 0 Å². The van der Waals surface area contributed by atoms with Gasteiger partial charge in [0.2, 0.25) is 0 Å². The van der Waals surface area contributed by atoms with E-state index in [0.717, 1.165) is 27.9 Å². The standard InChI is InChI=1S/C45H43NO/c1-43(2,3)29-26-33-40-37(23-15-25-39(40)47-42(33)35(27-29)44(4,5)6)46(36-22-13-17-28-16-9-10-18-30(28)36)38-24-14-20-32-31-19-11-12-21-34(31)45(7,8)41(32)38/h9-27H,1-8H3. The number of hydrogen-bond acceptors (Lipinski definition) is 2. The molecule has 0 unspecified atom stereocenters. The van der Waals surface area contributed by atoms with E-state index in [1.807, 2.05) is 0 Å². The Balaban J connectivity index is 1.53. The molecule has 2 heteroatoms. The summed E-state index contributed by atoms with van der Waals surface area (Å²) in [5, 5.41) is 4.77. The van der Waals surface area contributed by atoms with E-state index in [1.54, 1.807) is 0 Å². The van der Waals surface area contributed by atoms with Gasteiger partial charge in [0.1, 0.15) is 11.2 Å². The molecule has 1 heterocycles. The second-order valence-corrected chi connectivity index (χ2v) is 15.9. The van der Waals surface area contributed by atoms with Crippen molar-refractivity contribution in [3.8, 4) is 11.1 Å². The van der Waals surface area contributed by atoms with Crippen molar-refractivity contribution in [1.82, 2.24) is 0 Å². The number of anilines is 3. The summed E-state index contributed by atoms with van der Waals surface area (Å²) in [4.78, 5) is 2.52. The lowest BCUT2D eigenvalue weighted by atomic mass is 9.79. The molecular formula is C45H43NO. The maximum atomic E-state index is 6.89. The highest BCUT2D eigenvalue weighted by Crippen LogP contribution is 2.56. The minimum absolute atomic E-state index is 0.0158. The molecule has 0 amide bonds. The quantitative estimate of drug-likeness (QED) is 0.197. The predicted molar refractivity (Wildman–Crippen MR) is 201 cm³/mol. The smallest absolute Gasteiger partial charge is 0.139 e. The van der Waals surface area contributed by atoms with Crippen molar-refractivity contribution in [2.24, 2.45) is 0 Å². The molecule has 8 rings (SSSR count). The van der Waals surface area contributed by atoms with Crippen molar-refractivity contribution in [3.63, 3.8) is 0 Å². The monoisotopic (exact) mass is 613 g/mol. The van der Waals surface area contributed by atoms with Gasteiger partial charge < -0.3 is 9.32 Å². The van der Waals surface area contributed by atoms with Crippen LogP contribution in [0.15, 0.2) is 120 Å². The van der Waals surface area contributed by atoms with Gasteiger partial charge in [0.05, 0.1) is 22.4 Å². The average molecular weight is 614 g/mol. The largest absolute Gasteiger partial charge is 0.456 e. The van der Waals surface area contributed by atoms with Crippen molar-refractivity contribution >= 4 is 49.8 Å². The molecule has 0 radical (unpaired) electrons. The van der Waals surface area contributed by atoms with Crippen molar-refractivity contribution in [3.05, 3.63) is 138 Å². The Morgan fingerprint density at radius 2 is 1.21 bits per heavy atom. The summed E-state index contributed by atoms with van der Waals surface area (Å²) >= 11 is 0. The number of hydrogen-bond donors (Lipinski definition) is 0. The van der Waals surface area contributed by atoms with Gasteiger partial charge in [-0.05, 0) is 74.4 Å². The van der Waals surface area contributed by atoms with Crippen LogP contribution in [-0.4, -0.2) is 0 Å². The summed E-state index contributed by atoms with van der Waals surface area (Å²) < 4.78 is 6.89. The zero-order valence-corrected chi connectivity index (χ0v) is 28.8. The minimum Gasteiger partial charge on any atom is -0.456 e. The normalized spacial score (nSPS) is 14.1. The highest BCUT2D eigenvalue weighted by Gasteiger charge is 2.39. The first-order chi connectivity index (χ1) is 22.4. The molecule has 2 nitrogen and oxygen atoms in total. The molecule has 1 aliphatic rings. The van der Waals surface area contributed by atoms with Crippen molar-refractivity contribution in [2.45, 2.75) is 71.6 Å². The van der Waals surface area contributed by atoms with Gasteiger partial charge in [0.15, 0.2) is 0 Å². The molecule has 1 aliphatic carbocycles. The molecule has 47 heavy (non-hydrogen) atoms. The Bertz CT molecular complexity index is 2350. The summed E-state index contributed by atoms with van der Waals surface area (Å²) in [5.41, 5.74) is 13.0. The predicted octanol–water partition coefficient (Wildman–Crippen LogP) is 13.1. The Labute approximate surface area is 278 Å². The molecule has 0 bridgehead atoms. The summed E-state index contributed by atoms with van der Waals surface area (Å²) in [6.45, 7) is 18.5. The Hall–Kier alpha value is -4.82. The van der Waals surface area contributed by atoms with Crippen LogP contribution in [0.1, 0.15) is 77.6 Å². The Morgan fingerprint density at radius 1 is 0.574 bits per heavy atom. The summed E-state index contributed by atoms with van der Waals surface area (Å²) in [5.74, 6) is 0. The van der Waals surface area contributed by atoms with Crippen LogP contribution in [0.5, 0.6) is 0 Å². The summed E-state index contributed by atoms with van der Waals surface area (Å²) in [7, 11) is 0. The lowest BCUT2D eigenvalue weighted by Crippen LogP contribution is -2.21. The Morgan fingerprint density at radius 3 is 2.00 bits per heavy atom. The molecule has 0 saturated carbocycles. The lowest BCUT2D eigenvalue weighted by Gasteiger charge is -2.33. The molecule has 1 aromatic heterocycles. The number of benzene rings is 6. The van der Waals surface area contributed by atoms with Gasteiger partial charge in [0, 0.05) is 21.8 Å². The maximum Gasteiger partial charge on any atom is 0.139 e. The molecule has 0 N–H and O–H groups in total. The fourth-order valence-electron chi connectivity index (χ4n) is 7.88. The first kappa shape index (κ1) is 29.6. The first-order valence-electron chi connectivity index (χ1n) is 16.9. The minimum atomic E-state index is -0.184. The second kappa shape index (κ2) is 10.1. The van der Waals surface area contributed by atoms with Gasteiger partial charge in [-0.2, -0.15) is 0 Å². The van der Waals surface area contributed by atoms with Crippen LogP contribution in [0.3, 0.4) is 0 Å². The molecule has 7 aromatic rings. The molecule has 0 atom stereocenters. The van der Waals surface area contributed by atoms with E-state index >= 15 is 0 Å². The molecule has 0 fully saturated rings. The lowest BCUT2D eigenvalue weighted by molar-refractivity contribution is 0.559. The first-order valence-corrected chi connectivity index (χ1v) is 16.9. The van der Waals surface area contributed by atoms with Crippen LogP contribution >= 0.6 is 0 Å². The number of fused-ring (bicyclic) bond motifs is 7. The van der Waals surface area contributed by atoms with Crippen LogP contribution < -0.4 is 4.90 Å². The molecule has 234 valence electrons. The van der Waals surface area contributed by atoms with Crippen LogP contribution in [0.25, 0.3) is 43.8 Å². The fourth-order valence-corrected chi connectivity index (χ4v) is 7.88. The fraction of sp³-hybridized carbons (Fsp3) is 0.244. The van der Waals surface area contributed by atoms with Crippen molar-refractivity contribution in [2.75, 3.05) is 4.90 Å². The Kier molecular flexibility index (Phi) is 6.35. The maximum absolute atomic E-state index is 6.89. The summed E-state index contributed by atoms with van der Waals surface area (Å²) in [6.07, 6.45) is 0. The number of furan rings is 1. The van der Waals surface area contributed by atoms with Crippen LogP contribution in [-0.2, 0) is 16.2 Å². The molecule has 0 saturated heterocycles. The third-order valence-electron chi connectivity index (χ3n) is 10.3. The molecule has 6 aromatic carbocycles. The zero-order chi connectivity index (χ0) is 32.9. The van der Waals surface area contributed by atoms with E-state index in [9.17, 15) is 0 Å². The van der Waals surface area contributed by atoms with Gasteiger partial charge in [0.25, 0.3) is 0 Å². The zero-order valence-electron chi connectivity index (χ0n) is 28.8. The molecular weight excluding hydrogens is 571 g/mol. The van der Waals surface area contributed by atoms with Gasteiger partial charge in [-0.3, -0.25) is 0 Å². The van der Waals surface area contributed by atoms with Gasteiger partial charge >= 0.3 is 0 Å². The van der Waals surface area contributed by atoms with Crippen molar-refractivity contribution in [1.29, 1.82) is 0 Å². The summed E-state index contributed by atoms with van der Waals surface area (Å²) in [6, 6.07) is 42.5. The second-order valence-electron chi connectivity index (χ2n) is 15.9. The van der Waals surface area contributed by atoms with Gasteiger partial charge in [-0.15, -0.1) is 0 Å². The van der Waals surface area contributed by atoms with E-state index in [4.69, 9.17) is 4.42 Å². The van der Waals surface area contributed by atoms with Crippen molar-refractivity contribution < 1.29 is 4.42 Å². The topological polar surface area (TPSA) is 16.4 Å². The van der Waals surface area contributed by atoms with E-state index in [-0.39, 0.29) is 16.2 Å². The highest BCUT2D eigenvalue weighted by molar-refractivity contribution is 6.16.